The van der Waals surface area contributed by atoms with Gasteiger partial charge in [-0.3, -0.25) is 23.9 Å². The second-order valence-corrected chi connectivity index (χ2v) is 10.7. The van der Waals surface area contributed by atoms with Crippen molar-refractivity contribution in [3.05, 3.63) is 74.1 Å². The van der Waals surface area contributed by atoms with Crippen LogP contribution in [0.5, 0.6) is 0 Å². The number of aromatic nitrogens is 1. The zero-order valence-corrected chi connectivity index (χ0v) is 24.1. The number of nitrogens with one attached hydrogen (secondary N) is 3. The van der Waals surface area contributed by atoms with Crippen molar-refractivity contribution >= 4 is 52.0 Å². The summed E-state index contributed by atoms with van der Waals surface area (Å²) in [5.41, 5.74) is 1.17. The monoisotopic (exact) mass is 613 g/mol. The quantitative estimate of drug-likeness (QED) is 0.337. The molecule has 10 nitrogen and oxygen atoms in total. The summed E-state index contributed by atoms with van der Waals surface area (Å²) in [6.45, 7) is 3.51. The zero-order chi connectivity index (χ0) is 31.0. The van der Waals surface area contributed by atoms with Gasteiger partial charge in [-0.2, -0.15) is 18.4 Å². The molecule has 1 aliphatic heterocycles. The lowest BCUT2D eigenvalue weighted by atomic mass is 10.2. The number of nitriles is 1. The minimum absolute atomic E-state index is 0.0478. The largest absolute Gasteiger partial charge is 0.405 e. The number of piperazine rings is 1. The van der Waals surface area contributed by atoms with Crippen LogP contribution in [0.4, 0.5) is 30.2 Å². The van der Waals surface area contributed by atoms with E-state index in [4.69, 9.17) is 0 Å². The molecule has 2 aromatic carbocycles. The summed E-state index contributed by atoms with van der Waals surface area (Å²) < 4.78 is 38.8. The van der Waals surface area contributed by atoms with E-state index in [1.54, 1.807) is 42.6 Å². The van der Waals surface area contributed by atoms with Gasteiger partial charge in [0.1, 0.15) is 21.8 Å². The fourth-order valence-electron chi connectivity index (χ4n) is 4.50. The Morgan fingerprint density at radius 2 is 1.74 bits per heavy atom. The highest BCUT2D eigenvalue weighted by molar-refractivity contribution is 7.07. The van der Waals surface area contributed by atoms with E-state index in [1.165, 1.54) is 6.20 Å². The molecule has 0 aliphatic carbocycles. The van der Waals surface area contributed by atoms with Gasteiger partial charge in [0, 0.05) is 56.0 Å². The maximum atomic E-state index is 12.9. The summed E-state index contributed by atoms with van der Waals surface area (Å²) in [6.07, 6.45) is -3.26. The van der Waals surface area contributed by atoms with E-state index in [2.05, 4.69) is 32.6 Å². The fourth-order valence-corrected chi connectivity index (χ4v) is 5.59. The van der Waals surface area contributed by atoms with Crippen LogP contribution in [0, 0.1) is 11.3 Å². The van der Waals surface area contributed by atoms with Crippen molar-refractivity contribution in [2.75, 3.05) is 54.8 Å². The minimum atomic E-state index is -4.65. The zero-order valence-electron chi connectivity index (χ0n) is 23.3. The van der Waals surface area contributed by atoms with Crippen molar-refractivity contribution in [3.63, 3.8) is 0 Å². The average molecular weight is 614 g/mol. The van der Waals surface area contributed by atoms with Crippen molar-refractivity contribution < 1.29 is 22.8 Å². The predicted molar refractivity (Wildman–Crippen MR) is 160 cm³/mol. The molecule has 0 radical (unpaired) electrons. The Labute approximate surface area is 249 Å². The molecule has 1 fully saturated rings. The van der Waals surface area contributed by atoms with Crippen molar-refractivity contribution in [3.8, 4) is 6.07 Å². The van der Waals surface area contributed by atoms with Crippen LogP contribution in [0.25, 0.3) is 11.8 Å². The Bertz CT molecular complexity index is 1670. The van der Waals surface area contributed by atoms with Gasteiger partial charge in [0.2, 0.25) is 5.91 Å². The van der Waals surface area contributed by atoms with E-state index in [9.17, 15) is 32.8 Å². The van der Waals surface area contributed by atoms with Crippen molar-refractivity contribution in [2.45, 2.75) is 19.6 Å². The van der Waals surface area contributed by atoms with Gasteiger partial charge in [-0.15, -0.1) is 11.3 Å². The second-order valence-electron chi connectivity index (χ2n) is 9.62. The predicted octanol–water partition coefficient (Wildman–Crippen LogP) is 1.89. The lowest BCUT2D eigenvalue weighted by Crippen LogP contribution is -2.48. The fraction of sp³-hybridized carbons (Fsp3) is 0.310. The van der Waals surface area contributed by atoms with Crippen molar-refractivity contribution in [1.82, 2.24) is 14.8 Å². The molecular weight excluding hydrogens is 583 g/mol. The first-order chi connectivity index (χ1) is 20.6. The maximum Gasteiger partial charge on any atom is 0.405 e. The third-order valence-electron chi connectivity index (χ3n) is 6.60. The normalized spacial score (nSPS) is 15.0. The molecular formula is C29H30F3N7O3S. The van der Waals surface area contributed by atoms with Crippen LogP contribution in [0.15, 0.2) is 59.4 Å². The van der Waals surface area contributed by atoms with E-state index in [0.717, 1.165) is 47.8 Å². The van der Waals surface area contributed by atoms with Gasteiger partial charge >= 0.3 is 6.18 Å². The first-order valence-corrected chi connectivity index (χ1v) is 14.3. The number of alkyl halides is 3. The summed E-state index contributed by atoms with van der Waals surface area (Å²) in [7, 11) is 0. The molecule has 3 aromatic rings. The standard InChI is InChI=1S/C29H30F3N7O3S/c1-2-39-27(42)24(43-28(39)23(16-33)26(41)35-19-29(30,31)32)17-34-20-7-6-8-21(15-20)36-25(40)18-37-11-13-38(14-12-37)22-9-4-3-5-10-22/h3-10,15,17,34H,2,11-14,18-19H2,1H3,(H,35,41)(H,36,40). The smallest absolute Gasteiger partial charge is 0.369 e. The van der Waals surface area contributed by atoms with Crippen molar-refractivity contribution in [2.24, 2.45) is 0 Å². The number of hydrogen-bond acceptors (Lipinski definition) is 8. The molecule has 0 atom stereocenters. The Balaban J connectivity index is 1.41. The summed E-state index contributed by atoms with van der Waals surface area (Å²) in [5.74, 6) is -1.38. The molecule has 2 amide bonds. The number of anilines is 3. The van der Waals surface area contributed by atoms with Gasteiger partial charge < -0.3 is 20.9 Å². The highest BCUT2D eigenvalue weighted by atomic mass is 32.1. The van der Waals surface area contributed by atoms with Crippen LogP contribution >= 0.6 is 11.3 Å². The topological polar surface area (TPSA) is 122 Å². The molecule has 0 saturated carbocycles. The molecule has 0 bridgehead atoms. The van der Waals surface area contributed by atoms with Crippen LogP contribution in [-0.2, 0) is 16.1 Å². The van der Waals surface area contributed by atoms with E-state index in [0.29, 0.717) is 11.4 Å². The SMILES string of the molecule is CCn1c(=C(C#N)C(=O)NCC(F)(F)F)sc(=CNc2cccc(NC(=O)CN3CCN(c4ccccc4)CC3)c2)c1=O. The van der Waals surface area contributed by atoms with Crippen LogP contribution < -0.4 is 35.6 Å². The number of benzene rings is 2. The maximum absolute atomic E-state index is 12.9. The molecule has 43 heavy (non-hydrogen) atoms. The number of thiazole rings is 1. The molecule has 2 heterocycles. The van der Waals surface area contributed by atoms with Gasteiger partial charge in [0.05, 0.1) is 6.54 Å². The van der Waals surface area contributed by atoms with Crippen molar-refractivity contribution in [1.29, 1.82) is 5.26 Å². The number of amides is 2. The minimum Gasteiger partial charge on any atom is -0.369 e. The van der Waals surface area contributed by atoms with Gasteiger partial charge in [-0.25, -0.2) is 0 Å². The Morgan fingerprint density at radius 3 is 2.40 bits per heavy atom. The molecule has 0 spiro atoms. The Hall–Kier alpha value is -4.61. The highest BCUT2D eigenvalue weighted by Crippen LogP contribution is 2.17. The number of para-hydroxylation sites is 1. The molecule has 0 unspecified atom stereocenters. The van der Waals surface area contributed by atoms with Crippen LogP contribution in [-0.4, -0.2) is 66.7 Å². The van der Waals surface area contributed by atoms with E-state index in [-0.39, 0.29) is 28.2 Å². The lowest BCUT2D eigenvalue weighted by Gasteiger charge is -2.35. The summed E-state index contributed by atoms with van der Waals surface area (Å²) in [4.78, 5) is 42.3. The first-order valence-electron chi connectivity index (χ1n) is 13.5. The Morgan fingerprint density at radius 1 is 1.05 bits per heavy atom. The number of hydrogen-bond donors (Lipinski definition) is 3. The van der Waals surface area contributed by atoms with E-state index >= 15 is 0 Å². The third kappa shape index (κ3) is 8.46. The number of carbonyl (C=O) groups excluding carboxylic acids is 2. The van der Waals surface area contributed by atoms with E-state index in [1.807, 2.05) is 18.2 Å². The highest BCUT2D eigenvalue weighted by Gasteiger charge is 2.29. The summed E-state index contributed by atoms with van der Waals surface area (Å²) in [5, 5.41) is 17.0. The number of halogens is 3. The molecule has 14 heteroatoms. The number of rotatable bonds is 9. The molecule has 1 saturated heterocycles. The Kier molecular flexibility index (Phi) is 10.2. The van der Waals surface area contributed by atoms with Gasteiger partial charge in [-0.1, -0.05) is 24.3 Å². The van der Waals surface area contributed by atoms with Crippen LogP contribution in [0.3, 0.4) is 0 Å². The van der Waals surface area contributed by atoms with Gasteiger partial charge in [0.25, 0.3) is 11.5 Å². The van der Waals surface area contributed by atoms with Crippen LogP contribution in [0.1, 0.15) is 6.92 Å². The average Bonchev–Trinajstić information content (AvgIpc) is 3.30. The van der Waals surface area contributed by atoms with Gasteiger partial charge in [-0.05, 0) is 37.3 Å². The number of nitrogens with zero attached hydrogens (tertiary/aromatic N) is 4. The molecule has 1 aromatic heterocycles. The lowest BCUT2D eigenvalue weighted by molar-refractivity contribution is -0.135. The first kappa shape index (κ1) is 31.3. The molecule has 4 rings (SSSR count). The third-order valence-corrected chi connectivity index (χ3v) is 7.73. The van der Waals surface area contributed by atoms with Crippen LogP contribution in [0.2, 0.25) is 0 Å². The molecule has 1 aliphatic rings. The second kappa shape index (κ2) is 14.0. The van der Waals surface area contributed by atoms with Gasteiger partial charge in [0.15, 0.2) is 5.57 Å². The summed E-state index contributed by atoms with van der Waals surface area (Å²) >= 11 is 0.809. The number of carbonyl (C=O) groups is 2. The molecule has 226 valence electrons. The summed E-state index contributed by atoms with van der Waals surface area (Å²) in [6, 6.07) is 18.6. The van der Waals surface area contributed by atoms with E-state index < -0.39 is 29.8 Å². The molecule has 3 N–H and O–H groups in total.